The number of benzene rings is 1. The summed E-state index contributed by atoms with van der Waals surface area (Å²) in [4.78, 5) is 22.5. The third-order valence-corrected chi connectivity index (χ3v) is 3.37. The van der Waals surface area contributed by atoms with Gasteiger partial charge in [-0.1, -0.05) is 19.1 Å². The number of hydrogen-bond acceptors (Lipinski definition) is 3. The van der Waals surface area contributed by atoms with Crippen LogP contribution >= 0.6 is 0 Å². The van der Waals surface area contributed by atoms with Crippen LogP contribution in [-0.4, -0.2) is 23.5 Å². The average Bonchev–Trinajstić information content (AvgIpc) is 2.45. The van der Waals surface area contributed by atoms with Crippen molar-refractivity contribution in [1.82, 2.24) is 0 Å². The van der Waals surface area contributed by atoms with Gasteiger partial charge < -0.3 is 16.2 Å². The molecule has 0 bridgehead atoms. The van der Waals surface area contributed by atoms with Gasteiger partial charge in [-0.15, -0.1) is 0 Å². The van der Waals surface area contributed by atoms with Gasteiger partial charge in [0, 0.05) is 18.3 Å². The fraction of sp³-hybridized carbons (Fsp3) is 0.333. The van der Waals surface area contributed by atoms with Crippen molar-refractivity contribution >= 4 is 23.6 Å². The van der Waals surface area contributed by atoms with Gasteiger partial charge >= 0.3 is 5.97 Å². The van der Waals surface area contributed by atoms with Crippen LogP contribution in [0.1, 0.15) is 25.8 Å². The van der Waals surface area contributed by atoms with E-state index in [1.807, 2.05) is 13.8 Å². The van der Waals surface area contributed by atoms with E-state index >= 15 is 0 Å². The molecule has 0 aromatic heterocycles. The van der Waals surface area contributed by atoms with Gasteiger partial charge in [0.2, 0.25) is 5.91 Å². The summed E-state index contributed by atoms with van der Waals surface area (Å²) < 4.78 is 0. The molecule has 0 spiro atoms. The van der Waals surface area contributed by atoms with Crippen molar-refractivity contribution in [2.45, 2.75) is 20.3 Å². The van der Waals surface area contributed by atoms with Gasteiger partial charge in [0.05, 0.1) is 5.41 Å². The summed E-state index contributed by atoms with van der Waals surface area (Å²) in [5, 5.41) is 11.4. The molecule has 0 radical (unpaired) electrons. The van der Waals surface area contributed by atoms with Crippen molar-refractivity contribution < 1.29 is 14.7 Å². The summed E-state index contributed by atoms with van der Waals surface area (Å²) >= 11 is 0. The van der Waals surface area contributed by atoms with Gasteiger partial charge in [0.15, 0.2) is 0 Å². The van der Waals surface area contributed by atoms with Gasteiger partial charge in [-0.25, -0.2) is 4.79 Å². The normalized spacial score (nSPS) is 13.9. The molecule has 1 amide bonds. The summed E-state index contributed by atoms with van der Waals surface area (Å²) in [6.07, 6.45) is 3.22. The summed E-state index contributed by atoms with van der Waals surface area (Å²) in [6.45, 7) is 4.04. The Labute approximate surface area is 118 Å². The maximum atomic E-state index is 12.1. The Morgan fingerprint density at radius 2 is 1.95 bits per heavy atom. The van der Waals surface area contributed by atoms with Crippen LogP contribution in [0.3, 0.4) is 0 Å². The molecule has 0 saturated heterocycles. The third kappa shape index (κ3) is 4.20. The lowest BCUT2D eigenvalue weighted by Crippen LogP contribution is -2.39. The van der Waals surface area contributed by atoms with E-state index in [0.717, 1.165) is 11.6 Å². The number of aliphatic carboxylic acids is 1. The van der Waals surface area contributed by atoms with E-state index in [1.54, 1.807) is 24.3 Å². The number of carboxylic acid groups (broad SMARTS) is 1. The average molecular weight is 276 g/mol. The number of carboxylic acids is 1. The van der Waals surface area contributed by atoms with Crippen molar-refractivity contribution in [3.8, 4) is 0 Å². The van der Waals surface area contributed by atoms with Gasteiger partial charge in [-0.2, -0.15) is 0 Å². The molecular weight excluding hydrogens is 256 g/mol. The van der Waals surface area contributed by atoms with E-state index in [0.29, 0.717) is 12.1 Å². The Morgan fingerprint density at radius 1 is 1.35 bits per heavy atom. The zero-order chi connectivity index (χ0) is 15.2. The van der Waals surface area contributed by atoms with Crippen LogP contribution in [0.25, 0.3) is 6.08 Å². The topological polar surface area (TPSA) is 92.4 Å². The summed E-state index contributed by atoms with van der Waals surface area (Å²) in [5.41, 5.74) is 6.47. The van der Waals surface area contributed by atoms with E-state index in [1.165, 1.54) is 6.08 Å². The van der Waals surface area contributed by atoms with E-state index < -0.39 is 11.4 Å². The molecule has 5 heteroatoms. The highest BCUT2D eigenvalue weighted by Crippen LogP contribution is 2.22. The maximum absolute atomic E-state index is 12.1. The quantitative estimate of drug-likeness (QED) is 0.694. The molecule has 0 aliphatic carbocycles. The molecule has 1 aromatic rings. The molecule has 1 unspecified atom stereocenters. The number of carbonyl (C=O) groups excluding carboxylic acids is 1. The summed E-state index contributed by atoms with van der Waals surface area (Å²) in [7, 11) is 0. The molecule has 1 atom stereocenters. The van der Waals surface area contributed by atoms with Crippen LogP contribution in [0.2, 0.25) is 0 Å². The van der Waals surface area contributed by atoms with E-state index in [-0.39, 0.29) is 12.5 Å². The predicted octanol–water partition coefficient (Wildman–Crippen LogP) is 2.10. The highest BCUT2D eigenvalue weighted by atomic mass is 16.4. The van der Waals surface area contributed by atoms with Crippen LogP contribution in [0.4, 0.5) is 5.69 Å². The summed E-state index contributed by atoms with van der Waals surface area (Å²) in [6, 6.07) is 6.93. The minimum absolute atomic E-state index is 0.115. The van der Waals surface area contributed by atoms with Crippen molar-refractivity contribution in [3.63, 3.8) is 0 Å². The third-order valence-electron chi connectivity index (χ3n) is 3.37. The van der Waals surface area contributed by atoms with E-state index in [9.17, 15) is 9.59 Å². The zero-order valence-electron chi connectivity index (χ0n) is 11.7. The Bertz CT molecular complexity index is 502. The second kappa shape index (κ2) is 6.86. The number of rotatable bonds is 6. The molecule has 1 aromatic carbocycles. The minimum Gasteiger partial charge on any atom is -0.478 e. The highest BCUT2D eigenvalue weighted by Gasteiger charge is 2.29. The van der Waals surface area contributed by atoms with Gasteiger partial charge in [-0.05, 0) is 37.1 Å². The van der Waals surface area contributed by atoms with Crippen LogP contribution in [-0.2, 0) is 9.59 Å². The first kappa shape index (κ1) is 15.9. The smallest absolute Gasteiger partial charge is 0.328 e. The minimum atomic E-state index is -0.996. The van der Waals surface area contributed by atoms with Crippen molar-refractivity contribution in [2.75, 3.05) is 11.9 Å². The first-order chi connectivity index (χ1) is 9.41. The molecule has 0 fully saturated rings. The molecule has 0 saturated carbocycles. The van der Waals surface area contributed by atoms with Crippen LogP contribution in [0, 0.1) is 5.41 Å². The first-order valence-electron chi connectivity index (χ1n) is 6.44. The number of anilines is 1. The monoisotopic (exact) mass is 276 g/mol. The molecule has 0 aliphatic heterocycles. The van der Waals surface area contributed by atoms with Crippen molar-refractivity contribution in [2.24, 2.45) is 11.1 Å². The number of nitrogens with two attached hydrogens (primary N) is 1. The van der Waals surface area contributed by atoms with Crippen LogP contribution < -0.4 is 11.1 Å². The fourth-order valence-electron chi connectivity index (χ4n) is 1.52. The second-order valence-corrected chi connectivity index (χ2v) is 4.87. The molecule has 20 heavy (non-hydrogen) atoms. The summed E-state index contributed by atoms with van der Waals surface area (Å²) in [5.74, 6) is -1.11. The second-order valence-electron chi connectivity index (χ2n) is 4.87. The van der Waals surface area contributed by atoms with Gasteiger partial charge in [0.25, 0.3) is 0 Å². The fourth-order valence-corrected chi connectivity index (χ4v) is 1.52. The standard InChI is InChI=1S/C15H20N2O3/c1-3-15(2,10-16)14(20)17-12-7-4-11(5-8-12)6-9-13(18)19/h4-9H,3,10,16H2,1-2H3,(H,17,20)(H,18,19)/b9-6+. The Kier molecular flexibility index (Phi) is 5.46. The lowest BCUT2D eigenvalue weighted by molar-refractivity contribution is -0.131. The lowest BCUT2D eigenvalue weighted by atomic mass is 9.86. The number of hydrogen-bond donors (Lipinski definition) is 3. The number of carbonyl (C=O) groups is 2. The molecule has 108 valence electrons. The SMILES string of the molecule is CCC(C)(CN)C(=O)Nc1ccc(/C=C/C(=O)O)cc1. The molecular formula is C15H20N2O3. The molecule has 1 rings (SSSR count). The number of nitrogens with one attached hydrogen (secondary N) is 1. The van der Waals surface area contributed by atoms with Gasteiger partial charge in [0.1, 0.15) is 0 Å². The maximum Gasteiger partial charge on any atom is 0.328 e. The Balaban J connectivity index is 2.75. The molecule has 5 nitrogen and oxygen atoms in total. The highest BCUT2D eigenvalue weighted by molar-refractivity contribution is 5.95. The number of amides is 1. The zero-order valence-corrected chi connectivity index (χ0v) is 11.7. The Morgan fingerprint density at radius 3 is 2.40 bits per heavy atom. The van der Waals surface area contributed by atoms with Crippen LogP contribution in [0.5, 0.6) is 0 Å². The van der Waals surface area contributed by atoms with Crippen molar-refractivity contribution in [3.05, 3.63) is 35.9 Å². The molecule has 0 aliphatic rings. The largest absolute Gasteiger partial charge is 0.478 e. The van der Waals surface area contributed by atoms with Gasteiger partial charge in [-0.3, -0.25) is 4.79 Å². The lowest BCUT2D eigenvalue weighted by Gasteiger charge is -2.24. The van der Waals surface area contributed by atoms with Crippen molar-refractivity contribution in [1.29, 1.82) is 0 Å². The Hall–Kier alpha value is -2.14. The van der Waals surface area contributed by atoms with E-state index in [4.69, 9.17) is 10.8 Å². The predicted molar refractivity (Wildman–Crippen MR) is 79.2 cm³/mol. The molecule has 4 N–H and O–H groups in total. The van der Waals surface area contributed by atoms with Crippen LogP contribution in [0.15, 0.2) is 30.3 Å². The van der Waals surface area contributed by atoms with E-state index in [2.05, 4.69) is 5.32 Å². The molecule has 0 heterocycles. The first-order valence-corrected chi connectivity index (χ1v) is 6.44.